The Hall–Kier alpha value is -2.04. The molecule has 0 aromatic heterocycles. The molecule has 0 fully saturated rings. The van der Waals surface area contributed by atoms with Crippen LogP contribution in [0.4, 0.5) is 0 Å². The average Bonchev–Trinajstić information content (AvgIpc) is 2.89. The number of hydrogen-bond acceptors (Lipinski definition) is 4. The standard InChI is InChI=1S/C32H48N2O2/c1-3-19-33(27-15-17-29-25(23-27)11-9-13-31(29)35)21-7-5-6-8-22-34(20-4-2)28-16-18-30-26(24-28)12-10-14-32(30)36/h9-14,27-28,35-36H,3-8,15-24H2,1-2H3/t27-,28-/m0/s1. The highest BCUT2D eigenvalue weighted by atomic mass is 16.3. The van der Waals surface area contributed by atoms with Crippen LogP contribution in [-0.4, -0.2) is 58.3 Å². The van der Waals surface area contributed by atoms with Crippen molar-refractivity contribution in [1.82, 2.24) is 9.80 Å². The number of unbranched alkanes of at least 4 members (excludes halogenated alkanes) is 3. The Kier molecular flexibility index (Phi) is 10.1. The predicted octanol–water partition coefficient (Wildman–Crippen LogP) is 6.50. The lowest BCUT2D eigenvalue weighted by atomic mass is 9.86. The van der Waals surface area contributed by atoms with Crippen molar-refractivity contribution in [2.75, 3.05) is 26.2 Å². The van der Waals surface area contributed by atoms with E-state index in [1.54, 1.807) is 0 Å². The van der Waals surface area contributed by atoms with Gasteiger partial charge in [0.25, 0.3) is 0 Å². The number of hydrogen-bond donors (Lipinski definition) is 2. The Morgan fingerprint density at radius 3 is 1.50 bits per heavy atom. The lowest BCUT2D eigenvalue weighted by molar-refractivity contribution is 0.168. The number of fused-ring (bicyclic) bond motifs is 2. The lowest BCUT2D eigenvalue weighted by Gasteiger charge is -2.36. The third-order valence-electron chi connectivity index (χ3n) is 8.56. The van der Waals surface area contributed by atoms with E-state index in [2.05, 4.69) is 35.8 Å². The van der Waals surface area contributed by atoms with Crippen molar-refractivity contribution >= 4 is 0 Å². The van der Waals surface area contributed by atoms with Gasteiger partial charge in [-0.1, -0.05) is 51.0 Å². The summed E-state index contributed by atoms with van der Waals surface area (Å²) in [6.07, 6.45) is 14.1. The average molecular weight is 493 g/mol. The van der Waals surface area contributed by atoms with Gasteiger partial charge < -0.3 is 20.0 Å². The van der Waals surface area contributed by atoms with Gasteiger partial charge in [0.15, 0.2) is 0 Å². The van der Waals surface area contributed by atoms with Gasteiger partial charge in [-0.25, -0.2) is 0 Å². The van der Waals surface area contributed by atoms with Crippen LogP contribution in [0, 0.1) is 0 Å². The zero-order valence-corrected chi connectivity index (χ0v) is 22.7. The van der Waals surface area contributed by atoms with Crippen LogP contribution in [0.5, 0.6) is 11.5 Å². The van der Waals surface area contributed by atoms with Crippen LogP contribution in [0.2, 0.25) is 0 Å². The number of benzene rings is 2. The SMILES string of the molecule is CCCN(CCCCCCN(CCC)[C@H]1CCc2c(O)cccc2C1)[C@H]1CCc2c(O)cccc2C1. The fraction of sp³-hybridized carbons (Fsp3) is 0.625. The molecule has 0 amide bonds. The molecule has 0 heterocycles. The molecule has 4 heteroatoms. The van der Waals surface area contributed by atoms with E-state index in [9.17, 15) is 10.2 Å². The van der Waals surface area contributed by atoms with Crippen LogP contribution in [-0.2, 0) is 25.7 Å². The van der Waals surface area contributed by atoms with Gasteiger partial charge in [0.2, 0.25) is 0 Å². The van der Waals surface area contributed by atoms with Gasteiger partial charge in [0, 0.05) is 12.1 Å². The molecule has 2 aromatic rings. The highest BCUT2D eigenvalue weighted by Crippen LogP contribution is 2.32. The van der Waals surface area contributed by atoms with Gasteiger partial charge >= 0.3 is 0 Å². The van der Waals surface area contributed by atoms with Crippen molar-refractivity contribution in [2.24, 2.45) is 0 Å². The minimum atomic E-state index is 0.487. The number of phenols is 2. The number of phenolic OH excluding ortho intramolecular Hbond substituents is 2. The minimum absolute atomic E-state index is 0.487. The maximum atomic E-state index is 10.2. The summed E-state index contributed by atoms with van der Waals surface area (Å²) in [7, 11) is 0. The number of nitrogens with zero attached hydrogens (tertiary/aromatic N) is 2. The second kappa shape index (κ2) is 13.5. The molecule has 2 aliphatic carbocycles. The molecule has 4 rings (SSSR count). The summed E-state index contributed by atoms with van der Waals surface area (Å²) in [5, 5.41) is 20.4. The van der Waals surface area contributed by atoms with E-state index >= 15 is 0 Å². The highest BCUT2D eigenvalue weighted by molar-refractivity contribution is 5.42. The monoisotopic (exact) mass is 492 g/mol. The number of aromatic hydroxyl groups is 2. The van der Waals surface area contributed by atoms with Crippen LogP contribution >= 0.6 is 0 Å². The van der Waals surface area contributed by atoms with Crippen LogP contribution in [0.25, 0.3) is 0 Å². The van der Waals surface area contributed by atoms with E-state index < -0.39 is 0 Å². The van der Waals surface area contributed by atoms with E-state index in [0.717, 1.165) is 25.7 Å². The molecule has 0 unspecified atom stereocenters. The van der Waals surface area contributed by atoms with Gasteiger partial charge in [-0.2, -0.15) is 0 Å². The van der Waals surface area contributed by atoms with E-state index in [4.69, 9.17) is 0 Å². The summed E-state index contributed by atoms with van der Waals surface area (Å²) in [5.41, 5.74) is 5.06. The maximum Gasteiger partial charge on any atom is 0.119 e. The van der Waals surface area contributed by atoms with Gasteiger partial charge in [-0.05, 0) is 125 Å². The largest absolute Gasteiger partial charge is 0.508 e. The number of rotatable bonds is 13. The van der Waals surface area contributed by atoms with E-state index in [1.807, 2.05) is 24.3 Å². The van der Waals surface area contributed by atoms with E-state index in [-0.39, 0.29) is 0 Å². The molecule has 198 valence electrons. The van der Waals surface area contributed by atoms with Crippen LogP contribution < -0.4 is 0 Å². The van der Waals surface area contributed by atoms with Gasteiger partial charge in [-0.15, -0.1) is 0 Å². The Morgan fingerprint density at radius 1 is 0.639 bits per heavy atom. The van der Waals surface area contributed by atoms with Crippen molar-refractivity contribution < 1.29 is 10.2 Å². The first-order valence-electron chi connectivity index (χ1n) is 14.7. The molecule has 0 saturated carbocycles. The zero-order chi connectivity index (χ0) is 25.3. The summed E-state index contributed by atoms with van der Waals surface area (Å²) in [6, 6.07) is 13.3. The van der Waals surface area contributed by atoms with Gasteiger partial charge in [-0.3, -0.25) is 0 Å². The molecule has 2 atom stereocenters. The molecule has 4 nitrogen and oxygen atoms in total. The van der Waals surface area contributed by atoms with Crippen LogP contribution in [0.1, 0.15) is 87.5 Å². The Bertz CT molecular complexity index is 882. The van der Waals surface area contributed by atoms with Crippen molar-refractivity contribution in [3.8, 4) is 11.5 Å². The molecule has 2 N–H and O–H groups in total. The summed E-state index contributed by atoms with van der Waals surface area (Å²) >= 11 is 0. The lowest BCUT2D eigenvalue weighted by Crippen LogP contribution is -2.40. The van der Waals surface area contributed by atoms with Crippen LogP contribution in [0.15, 0.2) is 36.4 Å². The van der Waals surface area contributed by atoms with Crippen molar-refractivity contribution in [2.45, 2.75) is 103 Å². The van der Waals surface area contributed by atoms with E-state index in [0.29, 0.717) is 23.6 Å². The smallest absolute Gasteiger partial charge is 0.119 e. The molecule has 0 aliphatic heterocycles. The second-order valence-corrected chi connectivity index (χ2v) is 11.1. The summed E-state index contributed by atoms with van der Waals surface area (Å²) < 4.78 is 0. The minimum Gasteiger partial charge on any atom is -0.508 e. The quantitative estimate of drug-likeness (QED) is 0.314. The van der Waals surface area contributed by atoms with Crippen LogP contribution in [0.3, 0.4) is 0 Å². The molecule has 2 aliphatic rings. The predicted molar refractivity (Wildman–Crippen MR) is 150 cm³/mol. The topological polar surface area (TPSA) is 46.9 Å². The summed E-state index contributed by atoms with van der Waals surface area (Å²) in [5.74, 6) is 0.974. The highest BCUT2D eigenvalue weighted by Gasteiger charge is 2.26. The van der Waals surface area contributed by atoms with Crippen molar-refractivity contribution in [3.05, 3.63) is 58.7 Å². The molecule has 36 heavy (non-hydrogen) atoms. The summed E-state index contributed by atoms with van der Waals surface area (Å²) in [6.45, 7) is 9.36. The maximum absolute atomic E-state index is 10.2. The Labute approximate surface area is 219 Å². The van der Waals surface area contributed by atoms with Gasteiger partial charge in [0.05, 0.1) is 0 Å². The first-order valence-corrected chi connectivity index (χ1v) is 14.7. The van der Waals surface area contributed by atoms with Crippen molar-refractivity contribution in [1.29, 1.82) is 0 Å². The fourth-order valence-corrected chi connectivity index (χ4v) is 6.67. The Morgan fingerprint density at radius 2 is 1.08 bits per heavy atom. The molecule has 0 bridgehead atoms. The molecular weight excluding hydrogens is 444 g/mol. The van der Waals surface area contributed by atoms with Gasteiger partial charge in [0.1, 0.15) is 11.5 Å². The molecule has 2 aromatic carbocycles. The van der Waals surface area contributed by atoms with E-state index in [1.165, 1.54) is 99.8 Å². The third-order valence-corrected chi connectivity index (χ3v) is 8.56. The molecule has 0 radical (unpaired) electrons. The molecule has 0 saturated heterocycles. The fourth-order valence-electron chi connectivity index (χ4n) is 6.67. The normalized spacial score (nSPS) is 19.4. The first kappa shape index (κ1) is 27.0. The molecule has 0 spiro atoms. The summed E-state index contributed by atoms with van der Waals surface area (Å²) in [4.78, 5) is 5.45. The van der Waals surface area contributed by atoms with Crippen molar-refractivity contribution in [3.63, 3.8) is 0 Å². The second-order valence-electron chi connectivity index (χ2n) is 11.1. The zero-order valence-electron chi connectivity index (χ0n) is 22.7. The molecular formula is C32H48N2O2. The first-order chi connectivity index (χ1) is 17.6. The third kappa shape index (κ3) is 6.83. The Balaban J connectivity index is 1.20.